The van der Waals surface area contributed by atoms with Gasteiger partial charge in [0.15, 0.2) is 18.1 Å². The second kappa shape index (κ2) is 8.43. The van der Waals surface area contributed by atoms with E-state index >= 15 is 0 Å². The lowest BCUT2D eigenvalue weighted by atomic mass is 10.1. The number of nitrogens with one attached hydrogen (secondary N) is 3. The van der Waals surface area contributed by atoms with Crippen molar-refractivity contribution in [3.05, 3.63) is 34.9 Å². The smallest absolute Gasteiger partial charge is 0.408 e. The lowest BCUT2D eigenvalue weighted by Gasteiger charge is -2.17. The van der Waals surface area contributed by atoms with Gasteiger partial charge in [-0.25, -0.2) is 19.2 Å². The van der Waals surface area contributed by atoms with E-state index in [0.29, 0.717) is 35.4 Å². The Morgan fingerprint density at radius 2 is 2.24 bits per heavy atom. The Morgan fingerprint density at radius 3 is 3.00 bits per heavy atom. The van der Waals surface area contributed by atoms with Gasteiger partial charge in [-0.05, 0) is 19.8 Å². The summed E-state index contributed by atoms with van der Waals surface area (Å²) < 4.78 is 32.6. The van der Waals surface area contributed by atoms with E-state index in [2.05, 4.69) is 30.8 Å². The molecular weight excluding hydrogens is 457 g/mol. The van der Waals surface area contributed by atoms with E-state index in [4.69, 9.17) is 25.8 Å². The van der Waals surface area contributed by atoms with Crippen LogP contribution in [0.15, 0.2) is 18.3 Å². The zero-order chi connectivity index (χ0) is 23.2. The zero-order valence-electron chi connectivity index (χ0n) is 18.0. The number of anilines is 2. The number of ether oxygens (including phenoxy) is 3. The molecule has 1 saturated carbocycles. The summed E-state index contributed by atoms with van der Waals surface area (Å²) in [6.45, 7) is 2.20. The van der Waals surface area contributed by atoms with Crippen molar-refractivity contribution in [1.82, 2.24) is 29.9 Å². The summed E-state index contributed by atoms with van der Waals surface area (Å²) in [4.78, 5) is 20.7. The molecule has 1 amide bonds. The molecule has 1 aliphatic carbocycles. The van der Waals surface area contributed by atoms with Gasteiger partial charge in [-0.2, -0.15) is 5.10 Å². The maximum Gasteiger partial charge on any atom is 0.408 e. The summed E-state index contributed by atoms with van der Waals surface area (Å²) in [5, 5.41) is 13.0. The third-order valence-electron chi connectivity index (χ3n) is 5.66. The number of fused-ring (bicyclic) bond motifs is 1. The number of carbonyl (C=O) groups is 1. The zero-order valence-corrected chi connectivity index (χ0v) is 18.7. The lowest BCUT2D eigenvalue weighted by Crippen LogP contribution is -2.39. The van der Waals surface area contributed by atoms with Gasteiger partial charge in [0.2, 0.25) is 5.95 Å². The third kappa shape index (κ3) is 4.59. The minimum atomic E-state index is -1.54. The standard InChI is InChI=1S/C20H23ClFN7O4/c1-20(3-4-20)26-19(30)33-12-9-32-17(16(12)22)11-5-14(28-27-11)25-18-24-13(21)6-15-23-10(8-31-2)7-29(15)18/h5-7,12,16-17H,3-4,8-9H2,1-2H3,(H,26,30)(H2,24,25,27,28)/t12-,16+,17-/m0/s1. The number of aromatic nitrogens is 5. The molecule has 0 aromatic carbocycles. The van der Waals surface area contributed by atoms with E-state index in [1.807, 2.05) is 6.92 Å². The SMILES string of the molecule is COCc1cn2c(Nc3cc([C@@H]4OC[C@H](OC(=O)NC5(C)CC5)[C@H]4F)[nH]n3)nc(Cl)cc2n1. The first-order valence-corrected chi connectivity index (χ1v) is 10.8. The van der Waals surface area contributed by atoms with Crippen molar-refractivity contribution in [2.24, 2.45) is 0 Å². The fraction of sp³-hybridized carbons (Fsp3) is 0.500. The number of imidazole rings is 1. The summed E-state index contributed by atoms with van der Waals surface area (Å²) in [5.41, 5.74) is 1.44. The highest BCUT2D eigenvalue weighted by atomic mass is 35.5. The van der Waals surface area contributed by atoms with Crippen LogP contribution < -0.4 is 10.6 Å². The molecule has 33 heavy (non-hydrogen) atoms. The minimum Gasteiger partial charge on any atom is -0.441 e. The van der Waals surface area contributed by atoms with Gasteiger partial charge >= 0.3 is 6.09 Å². The summed E-state index contributed by atoms with van der Waals surface area (Å²) >= 11 is 6.13. The van der Waals surface area contributed by atoms with Gasteiger partial charge in [0, 0.05) is 31.0 Å². The van der Waals surface area contributed by atoms with Crippen LogP contribution in [0.4, 0.5) is 21.0 Å². The monoisotopic (exact) mass is 479 g/mol. The maximum atomic E-state index is 15.0. The number of carbonyl (C=O) groups excluding carboxylic acids is 1. The third-order valence-corrected chi connectivity index (χ3v) is 5.85. The van der Waals surface area contributed by atoms with E-state index < -0.39 is 24.5 Å². The molecule has 5 rings (SSSR count). The van der Waals surface area contributed by atoms with Crippen molar-refractivity contribution in [1.29, 1.82) is 0 Å². The van der Waals surface area contributed by atoms with Crippen LogP contribution in [0.2, 0.25) is 5.15 Å². The molecule has 0 unspecified atom stereocenters. The Bertz CT molecular complexity index is 1180. The Balaban J connectivity index is 1.27. The molecule has 176 valence electrons. The number of methoxy groups -OCH3 is 1. The van der Waals surface area contributed by atoms with Crippen LogP contribution >= 0.6 is 11.6 Å². The number of alkyl halides is 1. The average Bonchev–Trinajstić information content (AvgIpc) is 3.11. The van der Waals surface area contributed by atoms with Gasteiger partial charge in [-0.3, -0.25) is 9.50 Å². The molecule has 2 aliphatic rings. The highest BCUT2D eigenvalue weighted by molar-refractivity contribution is 6.29. The predicted molar refractivity (Wildman–Crippen MR) is 115 cm³/mol. The fourth-order valence-corrected chi connectivity index (χ4v) is 3.82. The molecule has 0 spiro atoms. The number of alkyl carbamates (subject to hydrolysis) is 1. The molecule has 4 heterocycles. The first-order valence-electron chi connectivity index (χ1n) is 10.4. The van der Waals surface area contributed by atoms with Crippen molar-refractivity contribution in [2.75, 3.05) is 19.0 Å². The van der Waals surface area contributed by atoms with Crippen LogP contribution in [0, 0.1) is 0 Å². The van der Waals surface area contributed by atoms with Crippen molar-refractivity contribution in [3.8, 4) is 0 Å². The summed E-state index contributed by atoms with van der Waals surface area (Å²) in [5.74, 6) is 0.753. The molecule has 2 fully saturated rings. The molecule has 0 radical (unpaired) electrons. The maximum absolute atomic E-state index is 15.0. The van der Waals surface area contributed by atoms with E-state index in [9.17, 15) is 9.18 Å². The minimum absolute atomic E-state index is 0.0501. The molecule has 1 aliphatic heterocycles. The van der Waals surface area contributed by atoms with Crippen LogP contribution in [-0.2, 0) is 20.8 Å². The predicted octanol–water partition coefficient (Wildman–Crippen LogP) is 3.05. The van der Waals surface area contributed by atoms with E-state index in [1.165, 1.54) is 0 Å². The van der Waals surface area contributed by atoms with Crippen molar-refractivity contribution in [3.63, 3.8) is 0 Å². The molecule has 11 nitrogen and oxygen atoms in total. The molecular formula is C20H23ClFN7O4. The van der Waals surface area contributed by atoms with Gasteiger partial charge in [-0.1, -0.05) is 11.6 Å². The van der Waals surface area contributed by atoms with Crippen LogP contribution in [-0.4, -0.2) is 62.2 Å². The van der Waals surface area contributed by atoms with Crippen LogP contribution in [0.3, 0.4) is 0 Å². The van der Waals surface area contributed by atoms with E-state index in [-0.39, 0.29) is 17.3 Å². The number of hydrogen-bond acceptors (Lipinski definition) is 8. The normalized spacial score (nSPS) is 23.6. The van der Waals surface area contributed by atoms with Crippen LogP contribution in [0.25, 0.3) is 5.65 Å². The first kappa shape index (κ1) is 21.9. The molecule has 3 aromatic rings. The van der Waals surface area contributed by atoms with Gasteiger partial charge in [0.05, 0.1) is 24.6 Å². The largest absolute Gasteiger partial charge is 0.441 e. The molecule has 0 bridgehead atoms. The summed E-state index contributed by atoms with van der Waals surface area (Å²) in [7, 11) is 1.58. The number of halogens is 2. The highest BCUT2D eigenvalue weighted by Gasteiger charge is 2.44. The van der Waals surface area contributed by atoms with Crippen molar-refractivity contribution in [2.45, 2.75) is 50.3 Å². The summed E-state index contributed by atoms with van der Waals surface area (Å²) in [6, 6.07) is 3.23. The molecule has 1 saturated heterocycles. The Labute approximate surface area is 193 Å². The molecule has 3 N–H and O–H groups in total. The van der Waals surface area contributed by atoms with Crippen molar-refractivity contribution < 1.29 is 23.4 Å². The summed E-state index contributed by atoms with van der Waals surface area (Å²) in [6.07, 6.45) is -0.594. The number of amides is 1. The Kier molecular flexibility index (Phi) is 5.59. The molecule has 3 atom stereocenters. The van der Waals surface area contributed by atoms with Gasteiger partial charge in [-0.15, -0.1) is 0 Å². The highest BCUT2D eigenvalue weighted by Crippen LogP contribution is 2.36. The van der Waals surface area contributed by atoms with Gasteiger partial charge in [0.25, 0.3) is 0 Å². The molecule has 13 heteroatoms. The second-order valence-corrected chi connectivity index (χ2v) is 8.84. The van der Waals surface area contributed by atoms with Gasteiger partial charge in [0.1, 0.15) is 16.9 Å². The number of aromatic amines is 1. The number of nitrogens with zero attached hydrogens (tertiary/aromatic N) is 4. The van der Waals surface area contributed by atoms with E-state index in [1.54, 1.807) is 29.8 Å². The number of H-pyrrole nitrogens is 1. The Morgan fingerprint density at radius 1 is 1.42 bits per heavy atom. The van der Waals surface area contributed by atoms with Gasteiger partial charge < -0.3 is 24.8 Å². The Hall–Kier alpha value is -2.96. The number of hydrogen-bond donors (Lipinski definition) is 3. The number of rotatable bonds is 7. The van der Waals surface area contributed by atoms with Crippen molar-refractivity contribution >= 4 is 35.1 Å². The fourth-order valence-electron chi connectivity index (χ4n) is 3.64. The first-order chi connectivity index (χ1) is 15.8. The quantitative estimate of drug-likeness (QED) is 0.441. The van der Waals surface area contributed by atoms with Crippen LogP contribution in [0.1, 0.15) is 37.3 Å². The topological polar surface area (TPSA) is 128 Å². The molecule has 3 aromatic heterocycles. The second-order valence-electron chi connectivity index (χ2n) is 8.46. The lowest BCUT2D eigenvalue weighted by molar-refractivity contribution is 0.0604. The van der Waals surface area contributed by atoms with E-state index in [0.717, 1.165) is 12.8 Å². The van der Waals surface area contributed by atoms with Crippen LogP contribution in [0.5, 0.6) is 0 Å². The average molecular weight is 480 g/mol.